The lowest BCUT2D eigenvalue weighted by molar-refractivity contribution is -0.130. The van der Waals surface area contributed by atoms with Crippen molar-refractivity contribution < 1.29 is 14.7 Å². The van der Waals surface area contributed by atoms with Gasteiger partial charge < -0.3 is 4.74 Å². The van der Waals surface area contributed by atoms with E-state index in [1.54, 1.807) is 5.48 Å². The summed E-state index contributed by atoms with van der Waals surface area (Å²) in [4.78, 5) is 12.1. The molecule has 3 unspecified atom stereocenters. The second-order valence-corrected chi connectivity index (χ2v) is 6.17. The second kappa shape index (κ2) is 6.42. The van der Waals surface area contributed by atoms with E-state index in [1.165, 1.54) is 0 Å². The van der Waals surface area contributed by atoms with E-state index >= 15 is 0 Å². The Morgan fingerprint density at radius 2 is 1.70 bits per heavy atom. The topological polar surface area (TPSA) is 58.6 Å². The molecule has 4 heteroatoms. The van der Waals surface area contributed by atoms with Crippen molar-refractivity contribution in [3.8, 4) is 5.75 Å². The summed E-state index contributed by atoms with van der Waals surface area (Å²) in [5.41, 5.74) is 3.93. The molecule has 0 bridgehead atoms. The molecule has 3 rings (SSSR count). The number of carbonyl (C=O) groups excluding carboxylic acids is 1. The van der Waals surface area contributed by atoms with Gasteiger partial charge in [0.2, 0.25) is 5.91 Å². The number of rotatable bonds is 5. The van der Waals surface area contributed by atoms with Crippen LogP contribution < -0.4 is 10.2 Å². The van der Waals surface area contributed by atoms with Gasteiger partial charge in [-0.2, -0.15) is 0 Å². The van der Waals surface area contributed by atoms with Crippen molar-refractivity contribution in [3.05, 3.63) is 65.7 Å². The molecular formula is C19H21NO3. The Morgan fingerprint density at radius 1 is 1.04 bits per heavy atom. The molecule has 0 spiro atoms. The minimum atomic E-state index is -0.344. The lowest BCUT2D eigenvalue weighted by atomic mass is 10.0. The smallest absolute Gasteiger partial charge is 0.247 e. The molecule has 1 fully saturated rings. The molecule has 2 aromatic carbocycles. The van der Waals surface area contributed by atoms with Crippen molar-refractivity contribution in [3.63, 3.8) is 0 Å². The van der Waals surface area contributed by atoms with Gasteiger partial charge in [-0.15, -0.1) is 0 Å². The first-order valence-corrected chi connectivity index (χ1v) is 7.88. The van der Waals surface area contributed by atoms with Crippen LogP contribution in [0.25, 0.3) is 0 Å². The van der Waals surface area contributed by atoms with Gasteiger partial charge in [0, 0.05) is 11.8 Å². The summed E-state index contributed by atoms with van der Waals surface area (Å²) in [7, 11) is 0. The van der Waals surface area contributed by atoms with E-state index in [1.807, 2.05) is 68.4 Å². The van der Waals surface area contributed by atoms with E-state index in [4.69, 9.17) is 9.94 Å². The van der Waals surface area contributed by atoms with Crippen molar-refractivity contribution in [1.29, 1.82) is 0 Å². The van der Waals surface area contributed by atoms with Crippen LogP contribution in [-0.4, -0.2) is 17.2 Å². The van der Waals surface area contributed by atoms with Gasteiger partial charge in [-0.3, -0.25) is 10.0 Å². The maximum atomic E-state index is 12.1. The summed E-state index contributed by atoms with van der Waals surface area (Å²) in [5, 5.41) is 9.06. The number of para-hydroxylation sites is 1. The molecule has 0 radical (unpaired) electrons. The fourth-order valence-electron chi connectivity index (χ4n) is 3.31. The number of ether oxygens (including phenoxy) is 1. The van der Waals surface area contributed by atoms with Crippen LogP contribution in [0.1, 0.15) is 36.8 Å². The highest BCUT2D eigenvalue weighted by atomic mass is 16.5. The molecule has 23 heavy (non-hydrogen) atoms. The molecule has 2 aromatic rings. The summed E-state index contributed by atoms with van der Waals surface area (Å²) in [6.45, 7) is 3.96. The van der Waals surface area contributed by atoms with Crippen LogP contribution in [-0.2, 0) is 4.79 Å². The van der Waals surface area contributed by atoms with Crippen molar-refractivity contribution in [1.82, 2.24) is 5.48 Å². The van der Waals surface area contributed by atoms with Crippen LogP contribution in [0.5, 0.6) is 5.75 Å². The van der Waals surface area contributed by atoms with Gasteiger partial charge in [0.15, 0.2) is 0 Å². The number of benzene rings is 2. The molecule has 4 nitrogen and oxygen atoms in total. The van der Waals surface area contributed by atoms with Crippen LogP contribution in [0, 0.1) is 5.92 Å². The normalized spacial score (nSPS) is 22.7. The number of amides is 1. The van der Waals surface area contributed by atoms with Gasteiger partial charge in [-0.1, -0.05) is 48.5 Å². The van der Waals surface area contributed by atoms with Gasteiger partial charge in [0.1, 0.15) is 5.75 Å². The average molecular weight is 311 g/mol. The maximum absolute atomic E-state index is 12.1. The van der Waals surface area contributed by atoms with Gasteiger partial charge in [0.05, 0.1) is 12.0 Å². The summed E-state index contributed by atoms with van der Waals surface area (Å²) in [6.07, 6.45) is 0.0650. The molecule has 3 atom stereocenters. The fourth-order valence-corrected chi connectivity index (χ4v) is 3.31. The molecule has 1 saturated carbocycles. The Bertz CT molecular complexity index is 684. The zero-order chi connectivity index (χ0) is 16.4. The number of carbonyl (C=O) groups is 1. The predicted octanol–water partition coefficient (Wildman–Crippen LogP) is 3.48. The molecule has 0 saturated heterocycles. The molecule has 0 heterocycles. The zero-order valence-electron chi connectivity index (χ0n) is 13.3. The first kappa shape index (κ1) is 15.6. The van der Waals surface area contributed by atoms with E-state index in [0.29, 0.717) is 0 Å². The van der Waals surface area contributed by atoms with Crippen LogP contribution in [0.2, 0.25) is 0 Å². The van der Waals surface area contributed by atoms with Crippen LogP contribution in [0.3, 0.4) is 0 Å². The van der Waals surface area contributed by atoms with Crippen molar-refractivity contribution in [2.45, 2.75) is 31.8 Å². The Balaban J connectivity index is 1.96. The Morgan fingerprint density at radius 3 is 2.35 bits per heavy atom. The van der Waals surface area contributed by atoms with Crippen molar-refractivity contribution in [2.75, 3.05) is 0 Å². The predicted molar refractivity (Wildman–Crippen MR) is 87.5 cm³/mol. The Kier molecular flexibility index (Phi) is 4.35. The largest absolute Gasteiger partial charge is 0.491 e. The number of hydrogen-bond acceptors (Lipinski definition) is 3. The van der Waals surface area contributed by atoms with Crippen LogP contribution in [0.4, 0.5) is 0 Å². The number of hydroxylamine groups is 1. The van der Waals surface area contributed by atoms with Crippen molar-refractivity contribution in [2.24, 2.45) is 5.92 Å². The van der Waals surface area contributed by atoms with Crippen LogP contribution >= 0.6 is 0 Å². The highest BCUT2D eigenvalue weighted by Crippen LogP contribution is 2.62. The quantitative estimate of drug-likeness (QED) is 0.656. The third-order valence-electron chi connectivity index (χ3n) is 4.26. The lowest BCUT2D eigenvalue weighted by Gasteiger charge is -2.14. The average Bonchev–Trinajstić information content (AvgIpc) is 3.30. The molecule has 2 N–H and O–H groups in total. The standard InChI is InChI=1S/C19H21NO3/c1-12(2)23-15-11-7-6-10-14(15)17-16(18(17)19(21)20-22)13-8-4-3-5-9-13/h3-12,16-18,22H,1-2H3,(H,20,21). The maximum Gasteiger partial charge on any atom is 0.247 e. The van der Waals surface area contributed by atoms with E-state index in [2.05, 4.69) is 0 Å². The van der Waals surface area contributed by atoms with Gasteiger partial charge in [0.25, 0.3) is 0 Å². The van der Waals surface area contributed by atoms with Gasteiger partial charge in [-0.25, -0.2) is 5.48 Å². The van der Waals surface area contributed by atoms with E-state index in [0.717, 1.165) is 16.9 Å². The molecule has 120 valence electrons. The summed E-state index contributed by atoms with van der Waals surface area (Å²) in [5.74, 6) is 0.254. The van der Waals surface area contributed by atoms with E-state index in [9.17, 15) is 4.79 Å². The monoisotopic (exact) mass is 311 g/mol. The van der Waals surface area contributed by atoms with Gasteiger partial charge >= 0.3 is 0 Å². The number of hydrogen-bond donors (Lipinski definition) is 2. The molecule has 1 aliphatic rings. The van der Waals surface area contributed by atoms with Crippen molar-refractivity contribution >= 4 is 5.91 Å². The molecule has 0 aliphatic heterocycles. The third kappa shape index (κ3) is 3.08. The lowest BCUT2D eigenvalue weighted by Crippen LogP contribution is -2.21. The summed E-state index contributed by atoms with van der Waals surface area (Å²) < 4.78 is 5.90. The number of nitrogens with one attached hydrogen (secondary N) is 1. The zero-order valence-corrected chi connectivity index (χ0v) is 13.3. The Labute approximate surface area is 136 Å². The van der Waals surface area contributed by atoms with E-state index in [-0.39, 0.29) is 29.8 Å². The van der Waals surface area contributed by atoms with Crippen LogP contribution in [0.15, 0.2) is 54.6 Å². The Hall–Kier alpha value is -2.33. The highest BCUT2D eigenvalue weighted by Gasteiger charge is 2.57. The summed E-state index contributed by atoms with van der Waals surface area (Å²) in [6, 6.07) is 17.8. The molecule has 1 aliphatic carbocycles. The minimum absolute atomic E-state index is 0.0134. The molecule has 1 amide bonds. The first-order valence-electron chi connectivity index (χ1n) is 7.88. The van der Waals surface area contributed by atoms with Gasteiger partial charge in [-0.05, 0) is 31.0 Å². The fraction of sp³-hybridized carbons (Fsp3) is 0.316. The second-order valence-electron chi connectivity index (χ2n) is 6.17. The highest BCUT2D eigenvalue weighted by molar-refractivity contribution is 5.84. The van der Waals surface area contributed by atoms with E-state index < -0.39 is 0 Å². The third-order valence-corrected chi connectivity index (χ3v) is 4.26. The SMILES string of the molecule is CC(C)Oc1ccccc1C1C(C(=O)NO)C1c1ccccc1. The molecular weight excluding hydrogens is 290 g/mol. The minimum Gasteiger partial charge on any atom is -0.491 e. The molecule has 0 aromatic heterocycles. The first-order chi connectivity index (χ1) is 11.1. The summed E-state index contributed by atoms with van der Waals surface area (Å²) >= 11 is 0.